The molecular weight excluding hydrogens is 188 g/mol. The highest BCUT2D eigenvalue weighted by Gasteiger charge is 2.32. The molecule has 3 heteroatoms. The SMILES string of the molecule is C#CC(CCC)NC1(CN)CCCOC1. The highest BCUT2D eigenvalue weighted by molar-refractivity contribution is 5.04. The Bertz CT molecular complexity index is 216. The van der Waals surface area contributed by atoms with E-state index in [-0.39, 0.29) is 11.6 Å². The van der Waals surface area contributed by atoms with Crippen molar-refractivity contribution >= 4 is 0 Å². The van der Waals surface area contributed by atoms with Gasteiger partial charge >= 0.3 is 0 Å². The molecule has 2 atom stereocenters. The third kappa shape index (κ3) is 3.49. The number of nitrogens with two attached hydrogens (primary N) is 1. The fraction of sp³-hybridized carbons (Fsp3) is 0.833. The Morgan fingerprint density at radius 2 is 2.47 bits per heavy atom. The molecule has 86 valence electrons. The van der Waals surface area contributed by atoms with Crippen molar-refractivity contribution in [3.05, 3.63) is 0 Å². The van der Waals surface area contributed by atoms with E-state index in [0.29, 0.717) is 13.2 Å². The van der Waals surface area contributed by atoms with E-state index in [4.69, 9.17) is 16.9 Å². The maximum atomic E-state index is 5.83. The molecule has 0 saturated carbocycles. The van der Waals surface area contributed by atoms with Crippen molar-refractivity contribution < 1.29 is 4.74 Å². The summed E-state index contributed by atoms with van der Waals surface area (Å²) in [6.45, 7) is 4.26. The summed E-state index contributed by atoms with van der Waals surface area (Å²) in [5.74, 6) is 2.79. The van der Waals surface area contributed by atoms with Crippen molar-refractivity contribution in [1.29, 1.82) is 0 Å². The lowest BCUT2D eigenvalue weighted by molar-refractivity contribution is 0.0210. The Kier molecular flexibility index (Phi) is 5.10. The summed E-state index contributed by atoms with van der Waals surface area (Å²) in [6.07, 6.45) is 9.70. The van der Waals surface area contributed by atoms with Gasteiger partial charge in [-0.15, -0.1) is 6.42 Å². The third-order valence-electron chi connectivity index (χ3n) is 2.97. The minimum atomic E-state index is -0.0928. The fourth-order valence-corrected chi connectivity index (χ4v) is 2.04. The van der Waals surface area contributed by atoms with Crippen molar-refractivity contribution in [3.63, 3.8) is 0 Å². The van der Waals surface area contributed by atoms with Gasteiger partial charge in [0.05, 0.1) is 18.2 Å². The largest absolute Gasteiger partial charge is 0.379 e. The van der Waals surface area contributed by atoms with E-state index in [1.165, 1.54) is 0 Å². The predicted octanol–water partition coefficient (Wildman–Crippen LogP) is 0.886. The minimum Gasteiger partial charge on any atom is -0.379 e. The smallest absolute Gasteiger partial charge is 0.0692 e. The van der Waals surface area contributed by atoms with Gasteiger partial charge in [0, 0.05) is 13.2 Å². The molecule has 0 aromatic rings. The lowest BCUT2D eigenvalue weighted by Crippen LogP contribution is -2.59. The predicted molar refractivity (Wildman–Crippen MR) is 62.5 cm³/mol. The summed E-state index contributed by atoms with van der Waals surface area (Å²) in [5.41, 5.74) is 5.73. The van der Waals surface area contributed by atoms with Crippen LogP contribution in [-0.2, 0) is 4.74 Å². The maximum Gasteiger partial charge on any atom is 0.0692 e. The number of nitrogens with one attached hydrogen (secondary N) is 1. The second-order valence-electron chi connectivity index (χ2n) is 4.29. The maximum absolute atomic E-state index is 5.83. The number of ether oxygens (including phenoxy) is 1. The topological polar surface area (TPSA) is 47.3 Å². The molecule has 1 rings (SSSR count). The Morgan fingerprint density at radius 1 is 1.67 bits per heavy atom. The van der Waals surface area contributed by atoms with Gasteiger partial charge in [0.2, 0.25) is 0 Å². The van der Waals surface area contributed by atoms with Crippen molar-refractivity contribution in [1.82, 2.24) is 5.32 Å². The van der Waals surface area contributed by atoms with E-state index in [9.17, 15) is 0 Å². The molecule has 0 spiro atoms. The van der Waals surface area contributed by atoms with E-state index in [1.54, 1.807) is 0 Å². The molecule has 3 nitrogen and oxygen atoms in total. The van der Waals surface area contributed by atoms with Crippen LogP contribution in [0, 0.1) is 12.3 Å². The Hall–Kier alpha value is -0.560. The summed E-state index contributed by atoms with van der Waals surface area (Å²) >= 11 is 0. The van der Waals surface area contributed by atoms with Crippen LogP contribution in [0.25, 0.3) is 0 Å². The highest BCUT2D eigenvalue weighted by atomic mass is 16.5. The van der Waals surface area contributed by atoms with Crippen molar-refractivity contribution in [2.45, 2.75) is 44.2 Å². The van der Waals surface area contributed by atoms with E-state index in [0.717, 1.165) is 32.3 Å². The van der Waals surface area contributed by atoms with Crippen LogP contribution >= 0.6 is 0 Å². The molecule has 2 unspecified atom stereocenters. The summed E-state index contributed by atoms with van der Waals surface area (Å²) in [5, 5.41) is 3.48. The first-order valence-corrected chi connectivity index (χ1v) is 5.78. The molecule has 0 aliphatic carbocycles. The van der Waals surface area contributed by atoms with Gasteiger partial charge in [0.1, 0.15) is 0 Å². The zero-order chi connectivity index (χ0) is 11.1. The van der Waals surface area contributed by atoms with Gasteiger partial charge in [0.15, 0.2) is 0 Å². The average molecular weight is 210 g/mol. The van der Waals surface area contributed by atoms with Gasteiger partial charge in [-0.05, 0) is 19.3 Å². The first-order valence-electron chi connectivity index (χ1n) is 5.78. The van der Waals surface area contributed by atoms with Gasteiger partial charge in [-0.3, -0.25) is 5.32 Å². The summed E-state index contributed by atoms with van der Waals surface area (Å²) < 4.78 is 5.49. The molecule has 3 N–H and O–H groups in total. The first kappa shape index (κ1) is 12.5. The third-order valence-corrected chi connectivity index (χ3v) is 2.97. The first-order chi connectivity index (χ1) is 7.26. The quantitative estimate of drug-likeness (QED) is 0.662. The van der Waals surface area contributed by atoms with Crippen LogP contribution in [0.2, 0.25) is 0 Å². The Labute approximate surface area is 92.8 Å². The second-order valence-corrected chi connectivity index (χ2v) is 4.29. The minimum absolute atomic E-state index is 0.0928. The van der Waals surface area contributed by atoms with Gasteiger partial charge < -0.3 is 10.5 Å². The van der Waals surface area contributed by atoms with Crippen molar-refractivity contribution in [2.75, 3.05) is 19.8 Å². The zero-order valence-corrected chi connectivity index (χ0v) is 9.59. The number of hydrogen-bond acceptors (Lipinski definition) is 3. The summed E-state index contributed by atoms with van der Waals surface area (Å²) in [6, 6.07) is 0.125. The standard InChI is InChI=1S/C12H22N2O/c1-3-6-11(4-2)14-12(9-13)7-5-8-15-10-12/h2,11,14H,3,5-10,13H2,1H3. The lowest BCUT2D eigenvalue weighted by Gasteiger charge is -2.38. The van der Waals surface area contributed by atoms with Gasteiger partial charge in [-0.25, -0.2) is 0 Å². The van der Waals surface area contributed by atoms with E-state index >= 15 is 0 Å². The van der Waals surface area contributed by atoms with Crippen LogP contribution in [-0.4, -0.2) is 31.3 Å². The molecular formula is C12H22N2O. The molecule has 1 aliphatic rings. The summed E-state index contributed by atoms with van der Waals surface area (Å²) in [4.78, 5) is 0. The highest BCUT2D eigenvalue weighted by Crippen LogP contribution is 2.19. The van der Waals surface area contributed by atoms with Crippen LogP contribution in [0.1, 0.15) is 32.6 Å². The van der Waals surface area contributed by atoms with Gasteiger partial charge in [-0.2, -0.15) is 0 Å². The molecule has 0 radical (unpaired) electrons. The van der Waals surface area contributed by atoms with Crippen LogP contribution < -0.4 is 11.1 Å². The van der Waals surface area contributed by atoms with Crippen LogP contribution in [0.4, 0.5) is 0 Å². The molecule has 0 aromatic heterocycles. The van der Waals surface area contributed by atoms with Gasteiger partial charge in [0.25, 0.3) is 0 Å². The van der Waals surface area contributed by atoms with E-state index in [2.05, 4.69) is 18.2 Å². The van der Waals surface area contributed by atoms with Crippen LogP contribution in [0.3, 0.4) is 0 Å². The second kappa shape index (κ2) is 6.12. The monoisotopic (exact) mass is 210 g/mol. The van der Waals surface area contributed by atoms with E-state index in [1.807, 2.05) is 0 Å². The van der Waals surface area contributed by atoms with Crippen LogP contribution in [0.15, 0.2) is 0 Å². The normalized spacial score (nSPS) is 28.3. The molecule has 15 heavy (non-hydrogen) atoms. The van der Waals surface area contributed by atoms with Crippen LogP contribution in [0.5, 0.6) is 0 Å². The molecule has 1 saturated heterocycles. The molecule has 1 fully saturated rings. The Balaban J connectivity index is 2.53. The molecule has 1 aliphatic heterocycles. The average Bonchev–Trinajstić information content (AvgIpc) is 2.30. The van der Waals surface area contributed by atoms with Crippen molar-refractivity contribution in [2.24, 2.45) is 5.73 Å². The molecule has 0 bridgehead atoms. The number of hydrogen-bond donors (Lipinski definition) is 2. The zero-order valence-electron chi connectivity index (χ0n) is 9.59. The lowest BCUT2D eigenvalue weighted by atomic mass is 9.91. The molecule has 1 heterocycles. The fourth-order valence-electron chi connectivity index (χ4n) is 2.04. The Morgan fingerprint density at radius 3 is 2.93 bits per heavy atom. The van der Waals surface area contributed by atoms with Crippen molar-refractivity contribution in [3.8, 4) is 12.3 Å². The molecule has 0 amide bonds. The summed E-state index contributed by atoms with van der Waals surface area (Å²) in [7, 11) is 0. The number of terminal acetylenes is 1. The van der Waals surface area contributed by atoms with Gasteiger partial charge in [-0.1, -0.05) is 19.3 Å². The molecule has 0 aromatic carbocycles. The van der Waals surface area contributed by atoms with E-state index < -0.39 is 0 Å². The number of rotatable bonds is 5.